The lowest BCUT2D eigenvalue weighted by atomic mass is 9.81. The minimum Gasteiger partial charge on any atom is -0.299 e. The van der Waals surface area contributed by atoms with Crippen LogP contribution in [0, 0.1) is 0 Å². The third-order valence-corrected chi connectivity index (χ3v) is 3.20. The van der Waals surface area contributed by atoms with Gasteiger partial charge in [-0.2, -0.15) is 0 Å². The molecule has 0 heterocycles. The van der Waals surface area contributed by atoms with Gasteiger partial charge in [-0.05, 0) is 43.2 Å². The molecule has 0 spiro atoms. The second-order valence-electron chi connectivity index (χ2n) is 4.15. The van der Waals surface area contributed by atoms with Crippen LogP contribution < -0.4 is 0 Å². The Balaban J connectivity index is 2.00. The third kappa shape index (κ3) is 2.56. The quantitative estimate of drug-likeness (QED) is 0.527. The smallest absolute Gasteiger partial charge is 0.142 e. The van der Waals surface area contributed by atoms with Crippen molar-refractivity contribution in [3.8, 4) is 0 Å². The number of carbonyl (C=O) groups is 1. The highest BCUT2D eigenvalue weighted by Crippen LogP contribution is 2.34. The van der Waals surface area contributed by atoms with E-state index in [1.165, 1.54) is 24.0 Å². The number of allylic oxidation sites excluding steroid dienone is 2. The standard InChI is InChI=1S/C14H16O/c15-11-10-12-6-8-14(9-7-12)13-4-2-1-3-5-13/h1-5,10-11,14H,6-9H2. The van der Waals surface area contributed by atoms with E-state index in [9.17, 15) is 4.79 Å². The molecular weight excluding hydrogens is 184 g/mol. The highest BCUT2D eigenvalue weighted by molar-refractivity contribution is 5.66. The number of carbonyl (C=O) groups excluding carboxylic acids is 1. The van der Waals surface area contributed by atoms with Gasteiger partial charge in [-0.3, -0.25) is 4.79 Å². The summed E-state index contributed by atoms with van der Waals surface area (Å²) in [6.45, 7) is 0. The van der Waals surface area contributed by atoms with Gasteiger partial charge in [0.05, 0.1) is 0 Å². The highest BCUT2D eigenvalue weighted by atomic mass is 16.1. The monoisotopic (exact) mass is 200 g/mol. The Morgan fingerprint density at radius 3 is 2.33 bits per heavy atom. The van der Waals surface area contributed by atoms with Crippen LogP contribution in [0.1, 0.15) is 37.2 Å². The van der Waals surface area contributed by atoms with Gasteiger partial charge in [0.1, 0.15) is 6.29 Å². The number of aldehydes is 1. The van der Waals surface area contributed by atoms with Crippen LogP contribution in [0.25, 0.3) is 0 Å². The topological polar surface area (TPSA) is 17.1 Å². The van der Waals surface area contributed by atoms with Crippen molar-refractivity contribution in [3.05, 3.63) is 47.5 Å². The molecule has 1 saturated carbocycles. The molecule has 0 radical (unpaired) electrons. The molecule has 0 amide bonds. The van der Waals surface area contributed by atoms with Gasteiger partial charge in [0.2, 0.25) is 0 Å². The molecule has 0 unspecified atom stereocenters. The maximum absolute atomic E-state index is 10.3. The van der Waals surface area contributed by atoms with Gasteiger partial charge in [0.25, 0.3) is 0 Å². The van der Waals surface area contributed by atoms with Crippen molar-refractivity contribution >= 4 is 6.29 Å². The minimum atomic E-state index is 0.690. The molecule has 0 bridgehead atoms. The maximum Gasteiger partial charge on any atom is 0.142 e. The van der Waals surface area contributed by atoms with Crippen molar-refractivity contribution < 1.29 is 4.79 Å². The SMILES string of the molecule is O=CC=C1CCC(c2ccccc2)CC1. The third-order valence-electron chi connectivity index (χ3n) is 3.20. The Kier molecular flexibility index (Phi) is 3.33. The predicted octanol–water partition coefficient (Wildman–Crippen LogP) is 3.47. The fourth-order valence-electron chi connectivity index (χ4n) is 2.31. The van der Waals surface area contributed by atoms with Crippen molar-refractivity contribution in [2.24, 2.45) is 0 Å². The van der Waals surface area contributed by atoms with Crippen LogP contribution in [0.2, 0.25) is 0 Å². The number of hydrogen-bond donors (Lipinski definition) is 0. The molecule has 1 aliphatic rings. The molecule has 0 atom stereocenters. The molecule has 0 aliphatic heterocycles. The first kappa shape index (κ1) is 10.2. The van der Waals surface area contributed by atoms with E-state index in [2.05, 4.69) is 30.3 Å². The summed E-state index contributed by atoms with van der Waals surface area (Å²) >= 11 is 0. The second kappa shape index (κ2) is 4.92. The zero-order valence-corrected chi connectivity index (χ0v) is 8.86. The average molecular weight is 200 g/mol. The molecule has 1 aromatic rings. The fourth-order valence-corrected chi connectivity index (χ4v) is 2.31. The molecule has 1 nitrogen and oxygen atoms in total. The predicted molar refractivity (Wildman–Crippen MR) is 61.8 cm³/mol. The molecule has 1 aromatic carbocycles. The number of hydrogen-bond acceptors (Lipinski definition) is 1. The Morgan fingerprint density at radius 2 is 1.73 bits per heavy atom. The van der Waals surface area contributed by atoms with Gasteiger partial charge in [-0.25, -0.2) is 0 Å². The molecule has 0 saturated heterocycles. The van der Waals surface area contributed by atoms with Crippen molar-refractivity contribution in [2.75, 3.05) is 0 Å². The summed E-state index contributed by atoms with van der Waals surface area (Å²) in [5.74, 6) is 0.690. The summed E-state index contributed by atoms with van der Waals surface area (Å²) in [7, 11) is 0. The zero-order valence-electron chi connectivity index (χ0n) is 8.86. The van der Waals surface area contributed by atoms with E-state index in [-0.39, 0.29) is 0 Å². The summed E-state index contributed by atoms with van der Waals surface area (Å²) in [4.78, 5) is 10.3. The Bertz CT molecular complexity index is 341. The van der Waals surface area contributed by atoms with Crippen LogP contribution in [-0.4, -0.2) is 6.29 Å². The summed E-state index contributed by atoms with van der Waals surface area (Å²) in [5, 5.41) is 0. The lowest BCUT2D eigenvalue weighted by molar-refractivity contribution is -0.104. The first-order valence-corrected chi connectivity index (χ1v) is 5.58. The van der Waals surface area contributed by atoms with Gasteiger partial charge in [0.15, 0.2) is 0 Å². The van der Waals surface area contributed by atoms with Crippen LogP contribution in [0.15, 0.2) is 42.0 Å². The summed E-state index contributed by atoms with van der Waals surface area (Å²) in [6.07, 6.45) is 7.18. The van der Waals surface area contributed by atoms with Crippen molar-refractivity contribution in [1.82, 2.24) is 0 Å². The largest absolute Gasteiger partial charge is 0.299 e. The summed E-state index contributed by atoms with van der Waals surface area (Å²) in [5.41, 5.74) is 2.76. The highest BCUT2D eigenvalue weighted by Gasteiger charge is 2.17. The molecule has 1 fully saturated rings. The average Bonchev–Trinajstić information content (AvgIpc) is 2.32. The van der Waals surface area contributed by atoms with Crippen molar-refractivity contribution in [1.29, 1.82) is 0 Å². The van der Waals surface area contributed by atoms with E-state index in [1.54, 1.807) is 6.08 Å². The molecule has 15 heavy (non-hydrogen) atoms. The first-order chi connectivity index (χ1) is 7.40. The summed E-state index contributed by atoms with van der Waals surface area (Å²) < 4.78 is 0. The van der Waals surface area contributed by atoms with E-state index in [1.807, 2.05) is 0 Å². The molecule has 78 valence electrons. The fraction of sp³-hybridized carbons (Fsp3) is 0.357. The van der Waals surface area contributed by atoms with Crippen LogP contribution in [0.5, 0.6) is 0 Å². The lowest BCUT2D eigenvalue weighted by Crippen LogP contribution is -2.06. The van der Waals surface area contributed by atoms with Gasteiger partial charge in [0, 0.05) is 0 Å². The molecule has 0 aromatic heterocycles. The normalized spacial score (nSPS) is 21.1. The molecule has 1 aliphatic carbocycles. The Morgan fingerprint density at radius 1 is 1.07 bits per heavy atom. The van der Waals surface area contributed by atoms with E-state index in [4.69, 9.17) is 0 Å². The Labute approximate surface area is 90.8 Å². The van der Waals surface area contributed by atoms with Gasteiger partial charge < -0.3 is 0 Å². The summed E-state index contributed by atoms with van der Waals surface area (Å²) in [6, 6.07) is 10.7. The van der Waals surface area contributed by atoms with Gasteiger partial charge in [-0.15, -0.1) is 0 Å². The molecule has 0 N–H and O–H groups in total. The van der Waals surface area contributed by atoms with E-state index in [0.717, 1.165) is 19.1 Å². The van der Waals surface area contributed by atoms with E-state index < -0.39 is 0 Å². The van der Waals surface area contributed by atoms with Gasteiger partial charge >= 0.3 is 0 Å². The lowest BCUT2D eigenvalue weighted by Gasteiger charge is -2.23. The number of benzene rings is 1. The second-order valence-corrected chi connectivity index (χ2v) is 4.15. The first-order valence-electron chi connectivity index (χ1n) is 5.58. The Hall–Kier alpha value is -1.37. The zero-order chi connectivity index (χ0) is 10.5. The van der Waals surface area contributed by atoms with Crippen LogP contribution in [-0.2, 0) is 4.79 Å². The van der Waals surface area contributed by atoms with E-state index >= 15 is 0 Å². The van der Waals surface area contributed by atoms with E-state index in [0.29, 0.717) is 5.92 Å². The maximum atomic E-state index is 10.3. The number of rotatable bonds is 2. The van der Waals surface area contributed by atoms with Crippen molar-refractivity contribution in [2.45, 2.75) is 31.6 Å². The molecule has 2 rings (SSSR count). The molecular formula is C14H16O. The molecule has 1 heteroatoms. The van der Waals surface area contributed by atoms with Crippen LogP contribution >= 0.6 is 0 Å². The van der Waals surface area contributed by atoms with Gasteiger partial charge in [-0.1, -0.05) is 35.9 Å². The van der Waals surface area contributed by atoms with Crippen LogP contribution in [0.4, 0.5) is 0 Å². The van der Waals surface area contributed by atoms with Crippen molar-refractivity contribution in [3.63, 3.8) is 0 Å². The van der Waals surface area contributed by atoms with Crippen LogP contribution in [0.3, 0.4) is 0 Å². The minimum absolute atomic E-state index is 0.690.